The normalized spacial score (nSPS) is 14.1. The third-order valence-electron chi connectivity index (χ3n) is 3.69. The largest absolute Gasteiger partial charge is 0.452 e. The molecule has 0 bridgehead atoms. The predicted octanol–water partition coefficient (Wildman–Crippen LogP) is 1.65. The van der Waals surface area contributed by atoms with Gasteiger partial charge in [-0.1, -0.05) is 25.0 Å². The number of carbonyl (C=O) groups is 3. The van der Waals surface area contributed by atoms with Crippen LogP contribution in [0, 0.1) is 0 Å². The molecule has 3 N–H and O–H groups in total. The lowest BCUT2D eigenvalue weighted by Crippen LogP contribution is -2.45. The highest BCUT2D eigenvalue weighted by Gasteiger charge is 2.19. The summed E-state index contributed by atoms with van der Waals surface area (Å²) in [5.41, 5.74) is 0.940. The Labute approximate surface area is 134 Å². The molecular weight excluding hydrogens is 298 g/mol. The van der Waals surface area contributed by atoms with Crippen molar-refractivity contribution in [3.63, 3.8) is 0 Å². The summed E-state index contributed by atoms with van der Waals surface area (Å²) >= 11 is 0. The molecule has 23 heavy (non-hydrogen) atoms. The fraction of sp³-hybridized carbons (Fsp3) is 0.438. The maximum absolute atomic E-state index is 12.0. The molecule has 0 saturated heterocycles. The van der Waals surface area contributed by atoms with Crippen molar-refractivity contribution in [3.05, 3.63) is 29.8 Å². The van der Waals surface area contributed by atoms with Crippen LogP contribution < -0.4 is 16.0 Å². The third-order valence-corrected chi connectivity index (χ3v) is 3.69. The SMILES string of the molecule is CNc1ccccc1C(=O)OCC(=O)NC(=O)NC1CCCC1. The Hall–Kier alpha value is -2.57. The van der Waals surface area contributed by atoms with E-state index < -0.39 is 24.5 Å². The maximum Gasteiger partial charge on any atom is 0.340 e. The number of hydrogen-bond acceptors (Lipinski definition) is 5. The maximum atomic E-state index is 12.0. The molecule has 0 heterocycles. The van der Waals surface area contributed by atoms with Crippen molar-refractivity contribution in [2.24, 2.45) is 0 Å². The molecule has 1 fully saturated rings. The molecule has 0 spiro atoms. The molecule has 0 aromatic heterocycles. The Morgan fingerprint density at radius 2 is 1.87 bits per heavy atom. The van der Waals surface area contributed by atoms with Crippen LogP contribution in [0.15, 0.2) is 24.3 Å². The minimum Gasteiger partial charge on any atom is -0.452 e. The van der Waals surface area contributed by atoms with Crippen molar-refractivity contribution >= 4 is 23.6 Å². The number of benzene rings is 1. The average molecular weight is 319 g/mol. The van der Waals surface area contributed by atoms with Crippen LogP contribution in [0.3, 0.4) is 0 Å². The van der Waals surface area contributed by atoms with Crippen LogP contribution in [0.4, 0.5) is 10.5 Å². The number of esters is 1. The number of urea groups is 1. The quantitative estimate of drug-likeness (QED) is 0.717. The van der Waals surface area contributed by atoms with Gasteiger partial charge in [0.05, 0.1) is 5.56 Å². The van der Waals surface area contributed by atoms with E-state index >= 15 is 0 Å². The number of imide groups is 1. The Bertz CT molecular complexity index is 582. The highest BCUT2D eigenvalue weighted by molar-refractivity contribution is 5.99. The van der Waals surface area contributed by atoms with E-state index in [9.17, 15) is 14.4 Å². The van der Waals surface area contributed by atoms with E-state index in [1.54, 1.807) is 31.3 Å². The minimum absolute atomic E-state index is 0.118. The van der Waals surface area contributed by atoms with Crippen LogP contribution in [0.1, 0.15) is 36.0 Å². The molecule has 2 rings (SSSR count). The van der Waals surface area contributed by atoms with Gasteiger partial charge in [0.25, 0.3) is 5.91 Å². The number of nitrogens with one attached hydrogen (secondary N) is 3. The lowest BCUT2D eigenvalue weighted by atomic mass is 10.2. The second kappa shape index (κ2) is 8.17. The molecule has 1 saturated carbocycles. The van der Waals surface area contributed by atoms with Gasteiger partial charge in [0.2, 0.25) is 0 Å². The van der Waals surface area contributed by atoms with Gasteiger partial charge in [0.1, 0.15) is 0 Å². The van der Waals surface area contributed by atoms with Crippen LogP contribution in [0.5, 0.6) is 0 Å². The number of amides is 3. The van der Waals surface area contributed by atoms with Crippen molar-refractivity contribution in [1.29, 1.82) is 0 Å². The summed E-state index contributed by atoms with van der Waals surface area (Å²) in [6.45, 7) is -0.505. The van der Waals surface area contributed by atoms with Gasteiger partial charge in [-0.25, -0.2) is 9.59 Å². The van der Waals surface area contributed by atoms with Gasteiger partial charge in [-0.2, -0.15) is 0 Å². The second-order valence-corrected chi connectivity index (χ2v) is 5.37. The Morgan fingerprint density at radius 3 is 2.57 bits per heavy atom. The van der Waals surface area contributed by atoms with Crippen LogP contribution in [0.25, 0.3) is 0 Å². The van der Waals surface area contributed by atoms with Gasteiger partial charge in [0, 0.05) is 18.8 Å². The van der Waals surface area contributed by atoms with Crippen molar-refractivity contribution in [2.45, 2.75) is 31.7 Å². The highest BCUT2D eigenvalue weighted by atomic mass is 16.5. The zero-order valence-electron chi connectivity index (χ0n) is 13.1. The molecule has 124 valence electrons. The molecule has 0 radical (unpaired) electrons. The summed E-state index contributed by atoms with van der Waals surface area (Å²) in [7, 11) is 1.69. The topological polar surface area (TPSA) is 96.5 Å². The first-order valence-corrected chi connectivity index (χ1v) is 7.64. The molecule has 0 atom stereocenters. The van der Waals surface area contributed by atoms with Gasteiger partial charge in [-0.3, -0.25) is 10.1 Å². The number of ether oxygens (including phenoxy) is 1. The van der Waals surface area contributed by atoms with Gasteiger partial charge in [-0.15, -0.1) is 0 Å². The van der Waals surface area contributed by atoms with E-state index in [1.165, 1.54) is 0 Å². The van der Waals surface area contributed by atoms with E-state index in [0.29, 0.717) is 11.3 Å². The molecule has 1 aromatic rings. The van der Waals surface area contributed by atoms with E-state index in [-0.39, 0.29) is 6.04 Å². The Kier molecular flexibility index (Phi) is 5.96. The average Bonchev–Trinajstić information content (AvgIpc) is 3.05. The lowest BCUT2D eigenvalue weighted by molar-refractivity contribution is -0.123. The van der Waals surface area contributed by atoms with Crippen molar-refractivity contribution < 1.29 is 19.1 Å². The summed E-state index contributed by atoms with van der Waals surface area (Å²) in [5.74, 6) is -1.28. The minimum atomic E-state index is -0.657. The monoisotopic (exact) mass is 319 g/mol. The standard InChI is InChI=1S/C16H21N3O4/c1-17-13-9-5-4-8-12(13)15(21)23-10-14(20)19-16(22)18-11-6-2-3-7-11/h4-5,8-9,11,17H,2-3,6-7,10H2,1H3,(H2,18,19,20,22). The fourth-order valence-electron chi connectivity index (χ4n) is 2.54. The Balaban J connectivity index is 1.77. The zero-order valence-corrected chi connectivity index (χ0v) is 13.1. The van der Waals surface area contributed by atoms with Crippen LogP contribution >= 0.6 is 0 Å². The van der Waals surface area contributed by atoms with E-state index in [2.05, 4.69) is 16.0 Å². The highest BCUT2D eigenvalue weighted by Crippen LogP contribution is 2.17. The first-order valence-electron chi connectivity index (χ1n) is 7.64. The van der Waals surface area contributed by atoms with E-state index in [1.807, 2.05) is 0 Å². The third kappa shape index (κ3) is 4.98. The van der Waals surface area contributed by atoms with Gasteiger partial charge in [-0.05, 0) is 25.0 Å². The molecule has 0 unspecified atom stereocenters. The number of para-hydroxylation sites is 1. The van der Waals surface area contributed by atoms with Gasteiger partial charge in [0.15, 0.2) is 6.61 Å². The van der Waals surface area contributed by atoms with E-state index in [4.69, 9.17) is 4.74 Å². The van der Waals surface area contributed by atoms with Crippen molar-refractivity contribution in [3.8, 4) is 0 Å². The summed E-state index contributed by atoms with van der Waals surface area (Å²) < 4.78 is 4.93. The van der Waals surface area contributed by atoms with Gasteiger partial charge < -0.3 is 15.4 Å². The lowest BCUT2D eigenvalue weighted by Gasteiger charge is -2.12. The summed E-state index contributed by atoms with van der Waals surface area (Å²) in [4.78, 5) is 35.2. The van der Waals surface area contributed by atoms with Gasteiger partial charge >= 0.3 is 12.0 Å². The van der Waals surface area contributed by atoms with Crippen LogP contribution in [0.2, 0.25) is 0 Å². The van der Waals surface area contributed by atoms with Crippen LogP contribution in [-0.2, 0) is 9.53 Å². The molecule has 1 aliphatic carbocycles. The van der Waals surface area contributed by atoms with E-state index in [0.717, 1.165) is 25.7 Å². The number of hydrogen-bond donors (Lipinski definition) is 3. The summed E-state index contributed by atoms with van der Waals surface area (Å²) in [6, 6.07) is 6.38. The van der Waals surface area contributed by atoms with Crippen molar-refractivity contribution in [1.82, 2.24) is 10.6 Å². The number of rotatable bonds is 5. The van der Waals surface area contributed by atoms with Crippen LogP contribution in [-0.4, -0.2) is 37.6 Å². The smallest absolute Gasteiger partial charge is 0.340 e. The molecule has 0 aliphatic heterocycles. The van der Waals surface area contributed by atoms with Crippen molar-refractivity contribution in [2.75, 3.05) is 19.0 Å². The number of carbonyl (C=O) groups excluding carboxylic acids is 3. The number of anilines is 1. The predicted molar refractivity (Wildman–Crippen MR) is 85.2 cm³/mol. The molecular formula is C16H21N3O4. The molecule has 1 aromatic carbocycles. The zero-order chi connectivity index (χ0) is 16.7. The Morgan fingerprint density at radius 1 is 1.17 bits per heavy atom. The molecule has 3 amide bonds. The molecule has 7 heteroatoms. The summed E-state index contributed by atoms with van der Waals surface area (Å²) in [6.07, 6.45) is 4.03. The summed E-state index contributed by atoms with van der Waals surface area (Å²) in [5, 5.41) is 7.76. The first kappa shape index (κ1) is 16.8. The second-order valence-electron chi connectivity index (χ2n) is 5.37. The first-order chi connectivity index (χ1) is 11.1. The molecule has 7 nitrogen and oxygen atoms in total. The molecule has 1 aliphatic rings. The fourth-order valence-corrected chi connectivity index (χ4v) is 2.54.